The molecule has 3 fully saturated rings. The summed E-state index contributed by atoms with van der Waals surface area (Å²) < 4.78 is 12.0. The first-order valence-corrected chi connectivity index (χ1v) is 14.4. The molecule has 0 aromatic heterocycles. The number of rotatable bonds is 10. The van der Waals surface area contributed by atoms with Crippen molar-refractivity contribution in [3.63, 3.8) is 0 Å². The number of likely N-dealkylation sites (tertiary alicyclic amines) is 1. The first-order chi connectivity index (χ1) is 18.0. The number of aliphatic hydroxyl groups excluding tert-OH is 1. The second kappa shape index (κ2) is 11.1. The summed E-state index contributed by atoms with van der Waals surface area (Å²) in [5.41, 5.74) is 1.39. The van der Waals surface area contributed by atoms with Gasteiger partial charge in [0.1, 0.15) is 11.6 Å². The Morgan fingerprint density at radius 2 is 2.00 bits per heavy atom. The lowest BCUT2D eigenvalue weighted by Gasteiger charge is -2.40. The van der Waals surface area contributed by atoms with E-state index in [2.05, 4.69) is 22.5 Å². The monoisotopic (exact) mass is 590 g/mol. The molecule has 0 aliphatic carbocycles. The Balaban J connectivity index is 1.88. The molecule has 3 heterocycles. The van der Waals surface area contributed by atoms with Crippen LogP contribution in [0.4, 0.5) is 5.69 Å². The number of hydrogen-bond acceptors (Lipinski definition) is 6. The van der Waals surface area contributed by atoms with E-state index in [-0.39, 0.29) is 42.3 Å². The highest BCUT2D eigenvalue weighted by molar-refractivity contribution is 9.09. The van der Waals surface area contributed by atoms with Crippen LogP contribution in [-0.4, -0.2) is 76.2 Å². The number of nitrogens with zero attached hydrogens (tertiary/aromatic N) is 2. The molecule has 0 saturated carbocycles. The molecule has 4 rings (SSSR count). The van der Waals surface area contributed by atoms with E-state index in [4.69, 9.17) is 9.47 Å². The average Bonchev–Trinajstić information content (AvgIpc) is 3.45. The molecule has 3 saturated heterocycles. The SMILES string of the molecule is C=CCN(C(=O)[C@H]1N([C@@H](CO)CC(C)C)C(=O)[C@@H]2[C@@H](C(=O)OCC)[C@@H]3O[C@@]21CC3Br)c1c(C)cccc1C. The van der Waals surface area contributed by atoms with Gasteiger partial charge >= 0.3 is 5.97 Å². The number of amides is 2. The van der Waals surface area contributed by atoms with Gasteiger partial charge in [-0.05, 0) is 50.7 Å². The summed E-state index contributed by atoms with van der Waals surface area (Å²) in [6, 6.07) is 4.22. The van der Waals surface area contributed by atoms with Crippen LogP contribution in [0.1, 0.15) is 44.7 Å². The van der Waals surface area contributed by atoms with Gasteiger partial charge in [-0.25, -0.2) is 0 Å². The fourth-order valence-corrected chi connectivity index (χ4v) is 7.81. The molecule has 1 unspecified atom stereocenters. The number of para-hydroxylation sites is 1. The summed E-state index contributed by atoms with van der Waals surface area (Å²) in [4.78, 5) is 45.1. The Labute approximate surface area is 233 Å². The molecular weight excluding hydrogens is 552 g/mol. The first kappa shape index (κ1) is 28.8. The van der Waals surface area contributed by atoms with E-state index in [0.717, 1.165) is 16.8 Å². The maximum Gasteiger partial charge on any atom is 0.312 e. The Bertz CT molecular complexity index is 1090. The number of carbonyl (C=O) groups is 3. The molecule has 7 atom stereocenters. The number of carbonyl (C=O) groups excluding carboxylic acids is 3. The Morgan fingerprint density at radius 3 is 2.55 bits per heavy atom. The number of aryl methyl sites for hydroxylation is 2. The van der Waals surface area contributed by atoms with Crippen LogP contribution < -0.4 is 4.90 Å². The topological polar surface area (TPSA) is 96.4 Å². The van der Waals surface area contributed by atoms with Crippen molar-refractivity contribution in [1.82, 2.24) is 4.90 Å². The highest BCUT2D eigenvalue weighted by Crippen LogP contribution is 2.61. The fraction of sp³-hybridized carbons (Fsp3) is 0.621. The van der Waals surface area contributed by atoms with Gasteiger partial charge in [-0.3, -0.25) is 14.4 Å². The van der Waals surface area contributed by atoms with Gasteiger partial charge in [-0.2, -0.15) is 0 Å². The van der Waals surface area contributed by atoms with Gasteiger partial charge in [-0.15, -0.1) is 6.58 Å². The molecule has 1 spiro atoms. The number of aliphatic hydroxyl groups is 1. The molecule has 1 N–H and O–H groups in total. The summed E-state index contributed by atoms with van der Waals surface area (Å²) in [5, 5.41) is 10.5. The number of ether oxygens (including phenoxy) is 2. The summed E-state index contributed by atoms with van der Waals surface area (Å²) in [6.07, 6.45) is 1.99. The smallest absolute Gasteiger partial charge is 0.312 e. The van der Waals surface area contributed by atoms with Crippen molar-refractivity contribution < 1.29 is 29.0 Å². The van der Waals surface area contributed by atoms with Gasteiger partial charge in [-0.1, -0.05) is 54.1 Å². The predicted octanol–water partition coefficient (Wildman–Crippen LogP) is 3.54. The second-order valence-electron chi connectivity index (χ2n) is 11.1. The van der Waals surface area contributed by atoms with Crippen LogP contribution in [0.2, 0.25) is 0 Å². The number of halogens is 1. The number of benzene rings is 1. The lowest BCUT2D eigenvalue weighted by molar-refractivity contribution is -0.155. The van der Waals surface area contributed by atoms with Crippen molar-refractivity contribution in [1.29, 1.82) is 0 Å². The molecule has 2 amide bonds. The van der Waals surface area contributed by atoms with Crippen LogP contribution in [0.15, 0.2) is 30.9 Å². The zero-order valence-electron chi connectivity index (χ0n) is 22.9. The van der Waals surface area contributed by atoms with E-state index in [1.165, 1.54) is 4.90 Å². The number of esters is 1. The van der Waals surface area contributed by atoms with Crippen LogP contribution in [0.5, 0.6) is 0 Å². The van der Waals surface area contributed by atoms with E-state index < -0.39 is 41.6 Å². The third-order valence-corrected chi connectivity index (χ3v) is 9.00. The van der Waals surface area contributed by atoms with Crippen LogP contribution >= 0.6 is 15.9 Å². The first-order valence-electron chi connectivity index (χ1n) is 13.4. The van der Waals surface area contributed by atoms with Gasteiger partial charge in [0.05, 0.1) is 37.2 Å². The van der Waals surface area contributed by atoms with Crippen LogP contribution in [0.3, 0.4) is 0 Å². The average molecular weight is 592 g/mol. The van der Waals surface area contributed by atoms with Crippen molar-refractivity contribution in [2.45, 2.75) is 76.1 Å². The van der Waals surface area contributed by atoms with Crippen molar-refractivity contribution in [2.75, 3.05) is 24.7 Å². The van der Waals surface area contributed by atoms with E-state index >= 15 is 0 Å². The standard InChI is InChI=1S/C29H39BrN2O6/c1-7-12-31(23-17(5)10-9-11-18(23)6)27(35)25-29-14-20(30)24(38-29)21(28(36)37-8-2)22(29)26(34)32(25)19(15-33)13-16(3)4/h7,9-11,16,19-22,24-25,33H,1,8,12-15H2,2-6H3/t19-,20?,21-,22+,24-,25-,29+/m1/s1. The van der Waals surface area contributed by atoms with Crippen LogP contribution in [0, 0.1) is 31.6 Å². The lowest BCUT2D eigenvalue weighted by atomic mass is 9.70. The van der Waals surface area contributed by atoms with Crippen molar-refractivity contribution >= 4 is 39.4 Å². The van der Waals surface area contributed by atoms with Crippen LogP contribution in [0.25, 0.3) is 0 Å². The largest absolute Gasteiger partial charge is 0.466 e. The zero-order chi connectivity index (χ0) is 27.9. The lowest BCUT2D eigenvalue weighted by Crippen LogP contribution is -2.59. The van der Waals surface area contributed by atoms with E-state index in [0.29, 0.717) is 12.8 Å². The Morgan fingerprint density at radius 1 is 1.34 bits per heavy atom. The highest BCUT2D eigenvalue weighted by atomic mass is 79.9. The number of alkyl halides is 1. The minimum absolute atomic E-state index is 0.165. The molecule has 3 aliphatic heterocycles. The molecule has 208 valence electrons. The molecule has 3 aliphatic rings. The van der Waals surface area contributed by atoms with E-state index in [9.17, 15) is 19.5 Å². The molecule has 1 aromatic carbocycles. The number of hydrogen-bond donors (Lipinski definition) is 1. The van der Waals surface area contributed by atoms with Crippen LogP contribution in [-0.2, 0) is 23.9 Å². The molecule has 9 heteroatoms. The van der Waals surface area contributed by atoms with Crippen molar-refractivity contribution in [3.05, 3.63) is 42.0 Å². The third kappa shape index (κ3) is 4.50. The quantitative estimate of drug-likeness (QED) is 0.254. The summed E-state index contributed by atoms with van der Waals surface area (Å²) in [7, 11) is 0. The summed E-state index contributed by atoms with van der Waals surface area (Å²) >= 11 is 3.68. The van der Waals surface area contributed by atoms with Gasteiger partial charge in [0.15, 0.2) is 0 Å². The Hall–Kier alpha value is -2.23. The van der Waals surface area contributed by atoms with Gasteiger partial charge in [0, 0.05) is 17.1 Å². The molecular formula is C29H39BrN2O6. The van der Waals surface area contributed by atoms with E-state index in [1.54, 1.807) is 17.9 Å². The normalized spacial score (nSPS) is 30.5. The molecule has 1 aromatic rings. The Kier molecular flexibility index (Phi) is 8.40. The van der Waals surface area contributed by atoms with Crippen molar-refractivity contribution in [3.8, 4) is 0 Å². The van der Waals surface area contributed by atoms with Gasteiger partial charge in [0.25, 0.3) is 5.91 Å². The summed E-state index contributed by atoms with van der Waals surface area (Å²) in [6.45, 7) is 13.6. The predicted molar refractivity (Wildman–Crippen MR) is 148 cm³/mol. The summed E-state index contributed by atoms with van der Waals surface area (Å²) in [5.74, 6) is -2.64. The number of fused-ring (bicyclic) bond motifs is 1. The van der Waals surface area contributed by atoms with Crippen molar-refractivity contribution in [2.24, 2.45) is 17.8 Å². The maximum atomic E-state index is 14.7. The zero-order valence-corrected chi connectivity index (χ0v) is 24.4. The van der Waals surface area contributed by atoms with Gasteiger partial charge < -0.3 is 24.4 Å². The highest BCUT2D eigenvalue weighted by Gasteiger charge is 2.77. The molecule has 8 nitrogen and oxygen atoms in total. The fourth-order valence-electron chi connectivity index (χ4n) is 6.87. The third-order valence-electron chi connectivity index (χ3n) is 8.15. The number of anilines is 1. The minimum Gasteiger partial charge on any atom is -0.466 e. The van der Waals surface area contributed by atoms with Gasteiger partial charge in [0.2, 0.25) is 5.91 Å². The molecule has 38 heavy (non-hydrogen) atoms. The molecule has 2 bridgehead atoms. The van der Waals surface area contributed by atoms with E-state index in [1.807, 2.05) is 45.9 Å². The molecule has 0 radical (unpaired) electrons. The minimum atomic E-state index is -1.22. The second-order valence-corrected chi connectivity index (χ2v) is 12.3. The maximum absolute atomic E-state index is 14.7.